The van der Waals surface area contributed by atoms with Crippen molar-refractivity contribution in [3.8, 4) is 0 Å². The van der Waals surface area contributed by atoms with Crippen molar-refractivity contribution in [1.82, 2.24) is 9.97 Å². The highest BCUT2D eigenvalue weighted by atomic mass is 19.1. The normalized spacial score (nSPS) is 13.7. The van der Waals surface area contributed by atoms with E-state index < -0.39 is 0 Å². The fourth-order valence-electron chi connectivity index (χ4n) is 1.55. The minimum absolute atomic E-state index is 0.258. The summed E-state index contributed by atoms with van der Waals surface area (Å²) in [6, 6.07) is 4.98. The number of nitrogens with zero attached hydrogens (tertiary/aromatic N) is 1. The molecule has 0 fully saturated rings. The molecule has 0 radical (unpaired) electrons. The average Bonchev–Trinajstić information content (AvgIpc) is 2.61. The highest BCUT2D eigenvalue weighted by Crippen LogP contribution is 2.24. The Morgan fingerprint density at radius 3 is 2.60 bits per heavy atom. The van der Waals surface area contributed by atoms with Gasteiger partial charge in [0.1, 0.15) is 11.3 Å². The topological polar surface area (TPSA) is 28.7 Å². The Bertz CT molecular complexity index is 473. The van der Waals surface area contributed by atoms with E-state index in [2.05, 4.69) is 30.7 Å². The fourth-order valence-corrected chi connectivity index (χ4v) is 1.55. The molecule has 2 nitrogen and oxygen atoms in total. The van der Waals surface area contributed by atoms with Gasteiger partial charge in [-0.2, -0.15) is 0 Å². The first-order valence-electron chi connectivity index (χ1n) is 5.23. The molecule has 1 heterocycles. The molecule has 3 heteroatoms. The lowest BCUT2D eigenvalue weighted by Gasteiger charge is -2.11. The van der Waals surface area contributed by atoms with Crippen LogP contribution in [0.3, 0.4) is 0 Å². The molecule has 15 heavy (non-hydrogen) atoms. The van der Waals surface area contributed by atoms with Crippen molar-refractivity contribution in [2.75, 3.05) is 0 Å². The highest BCUT2D eigenvalue weighted by molar-refractivity contribution is 5.75. The van der Waals surface area contributed by atoms with Crippen LogP contribution in [0, 0.1) is 11.7 Å². The van der Waals surface area contributed by atoms with Crippen LogP contribution in [0.25, 0.3) is 11.0 Å². The van der Waals surface area contributed by atoms with E-state index in [1.54, 1.807) is 6.07 Å². The minimum Gasteiger partial charge on any atom is -0.342 e. The lowest BCUT2D eigenvalue weighted by molar-refractivity contribution is 0.515. The van der Waals surface area contributed by atoms with Gasteiger partial charge in [-0.25, -0.2) is 9.37 Å². The van der Waals surface area contributed by atoms with E-state index in [-0.39, 0.29) is 5.82 Å². The molecule has 1 aromatic carbocycles. The Morgan fingerprint density at radius 2 is 2.00 bits per heavy atom. The van der Waals surface area contributed by atoms with Gasteiger partial charge in [-0.05, 0) is 18.1 Å². The molecule has 1 aromatic heterocycles. The van der Waals surface area contributed by atoms with Gasteiger partial charge in [0.05, 0.1) is 5.52 Å². The molecule has 0 amide bonds. The third-order valence-electron chi connectivity index (χ3n) is 2.91. The van der Waals surface area contributed by atoms with Crippen LogP contribution in [-0.2, 0) is 0 Å². The lowest BCUT2D eigenvalue weighted by atomic mass is 9.98. The Morgan fingerprint density at radius 1 is 1.27 bits per heavy atom. The number of H-pyrrole nitrogens is 1. The van der Waals surface area contributed by atoms with Crippen LogP contribution in [0.1, 0.15) is 32.5 Å². The first-order valence-corrected chi connectivity index (χ1v) is 5.23. The molecule has 80 valence electrons. The number of imidazole rings is 1. The van der Waals surface area contributed by atoms with Gasteiger partial charge in [0.15, 0.2) is 5.82 Å². The van der Waals surface area contributed by atoms with Gasteiger partial charge in [-0.15, -0.1) is 0 Å². The Balaban J connectivity index is 2.52. The summed E-state index contributed by atoms with van der Waals surface area (Å²) in [5.41, 5.74) is 1.22. The van der Waals surface area contributed by atoms with E-state index in [0.29, 0.717) is 17.4 Å². The van der Waals surface area contributed by atoms with Crippen LogP contribution in [0.4, 0.5) is 4.39 Å². The molecule has 1 N–H and O–H groups in total. The first-order chi connectivity index (χ1) is 7.09. The summed E-state index contributed by atoms with van der Waals surface area (Å²) in [6.07, 6.45) is 0. The molecule has 0 saturated carbocycles. The number of halogens is 1. The summed E-state index contributed by atoms with van der Waals surface area (Å²) in [6.45, 7) is 6.36. The van der Waals surface area contributed by atoms with Gasteiger partial charge < -0.3 is 4.98 Å². The summed E-state index contributed by atoms with van der Waals surface area (Å²) >= 11 is 0. The summed E-state index contributed by atoms with van der Waals surface area (Å²) in [4.78, 5) is 7.47. The van der Waals surface area contributed by atoms with Gasteiger partial charge in [0.25, 0.3) is 0 Å². The number of benzene rings is 1. The largest absolute Gasteiger partial charge is 0.342 e. The van der Waals surface area contributed by atoms with Gasteiger partial charge in [0, 0.05) is 5.92 Å². The first kappa shape index (κ1) is 10.1. The second kappa shape index (κ2) is 3.65. The SMILES string of the molecule is CC(C)C(C)c1nc2c(F)cccc2[nH]1. The molecular formula is C12H15FN2. The predicted octanol–water partition coefficient (Wildman–Crippen LogP) is 3.46. The molecule has 1 atom stereocenters. The maximum atomic E-state index is 13.4. The molecule has 0 spiro atoms. The van der Waals surface area contributed by atoms with Crippen molar-refractivity contribution in [2.24, 2.45) is 5.92 Å². The van der Waals surface area contributed by atoms with Crippen molar-refractivity contribution >= 4 is 11.0 Å². The quantitative estimate of drug-likeness (QED) is 0.800. The second-order valence-corrected chi connectivity index (χ2v) is 4.29. The number of rotatable bonds is 2. The van der Waals surface area contributed by atoms with Gasteiger partial charge in [0.2, 0.25) is 0 Å². The highest BCUT2D eigenvalue weighted by Gasteiger charge is 2.15. The zero-order valence-corrected chi connectivity index (χ0v) is 9.21. The number of fused-ring (bicyclic) bond motifs is 1. The zero-order valence-electron chi connectivity index (χ0n) is 9.21. The molecule has 1 unspecified atom stereocenters. The van der Waals surface area contributed by atoms with Crippen molar-refractivity contribution in [3.63, 3.8) is 0 Å². The van der Waals surface area contributed by atoms with Gasteiger partial charge >= 0.3 is 0 Å². The molecule has 0 bridgehead atoms. The van der Waals surface area contributed by atoms with E-state index in [0.717, 1.165) is 11.3 Å². The number of nitrogens with one attached hydrogen (secondary N) is 1. The number of aromatic nitrogens is 2. The molecular weight excluding hydrogens is 191 g/mol. The van der Waals surface area contributed by atoms with Crippen molar-refractivity contribution in [1.29, 1.82) is 0 Å². The Labute approximate surface area is 88.5 Å². The van der Waals surface area contributed by atoms with Crippen LogP contribution in [0.2, 0.25) is 0 Å². The molecule has 0 aliphatic carbocycles. The van der Waals surface area contributed by atoms with Crippen LogP contribution in [0.5, 0.6) is 0 Å². The maximum absolute atomic E-state index is 13.4. The van der Waals surface area contributed by atoms with Crippen LogP contribution < -0.4 is 0 Å². The van der Waals surface area contributed by atoms with Crippen molar-refractivity contribution in [2.45, 2.75) is 26.7 Å². The lowest BCUT2D eigenvalue weighted by Crippen LogP contribution is -2.03. The van der Waals surface area contributed by atoms with Gasteiger partial charge in [-0.3, -0.25) is 0 Å². The number of hydrogen-bond donors (Lipinski definition) is 1. The summed E-state index contributed by atoms with van der Waals surface area (Å²) < 4.78 is 13.4. The smallest absolute Gasteiger partial charge is 0.151 e. The summed E-state index contributed by atoms with van der Waals surface area (Å²) in [5.74, 6) is 1.42. The monoisotopic (exact) mass is 206 g/mol. The average molecular weight is 206 g/mol. The molecule has 0 aliphatic heterocycles. The van der Waals surface area contributed by atoms with Gasteiger partial charge in [-0.1, -0.05) is 26.8 Å². The summed E-state index contributed by atoms with van der Waals surface area (Å²) in [5, 5.41) is 0. The standard InChI is InChI=1S/C12H15FN2/c1-7(2)8(3)12-14-10-6-4-5-9(13)11(10)15-12/h4-8H,1-3H3,(H,14,15). The Kier molecular flexibility index (Phi) is 2.47. The van der Waals surface area contributed by atoms with E-state index in [4.69, 9.17) is 0 Å². The van der Waals surface area contributed by atoms with Crippen LogP contribution >= 0.6 is 0 Å². The number of aromatic amines is 1. The second-order valence-electron chi connectivity index (χ2n) is 4.29. The van der Waals surface area contributed by atoms with E-state index in [9.17, 15) is 4.39 Å². The molecule has 2 rings (SSSR count). The predicted molar refractivity (Wildman–Crippen MR) is 59.3 cm³/mol. The third-order valence-corrected chi connectivity index (χ3v) is 2.91. The molecule has 0 saturated heterocycles. The fraction of sp³-hybridized carbons (Fsp3) is 0.417. The Hall–Kier alpha value is -1.38. The number of para-hydroxylation sites is 1. The minimum atomic E-state index is -0.258. The van der Waals surface area contributed by atoms with Crippen molar-refractivity contribution < 1.29 is 4.39 Å². The van der Waals surface area contributed by atoms with Crippen LogP contribution in [0.15, 0.2) is 18.2 Å². The van der Waals surface area contributed by atoms with E-state index in [1.165, 1.54) is 6.07 Å². The summed E-state index contributed by atoms with van der Waals surface area (Å²) in [7, 11) is 0. The van der Waals surface area contributed by atoms with E-state index >= 15 is 0 Å². The molecule has 0 aliphatic rings. The van der Waals surface area contributed by atoms with E-state index in [1.807, 2.05) is 6.07 Å². The third kappa shape index (κ3) is 1.74. The zero-order chi connectivity index (χ0) is 11.0. The number of hydrogen-bond acceptors (Lipinski definition) is 1. The maximum Gasteiger partial charge on any atom is 0.151 e. The molecule has 2 aromatic rings. The van der Waals surface area contributed by atoms with Crippen molar-refractivity contribution in [3.05, 3.63) is 29.8 Å². The van der Waals surface area contributed by atoms with Crippen LogP contribution in [-0.4, -0.2) is 9.97 Å².